The maximum absolute atomic E-state index is 14.2. The first-order valence-corrected chi connectivity index (χ1v) is 9.54. The normalized spacial score (nSPS) is 25.8. The van der Waals surface area contributed by atoms with Gasteiger partial charge in [-0.1, -0.05) is 12.1 Å². The number of hydrogen-bond donors (Lipinski definition) is 1. The van der Waals surface area contributed by atoms with Crippen LogP contribution in [0.3, 0.4) is 0 Å². The van der Waals surface area contributed by atoms with E-state index in [4.69, 9.17) is 4.74 Å². The minimum Gasteiger partial charge on any atom is -0.367 e. The summed E-state index contributed by atoms with van der Waals surface area (Å²) in [5.41, 5.74) is 1.36. The zero-order valence-corrected chi connectivity index (χ0v) is 15.8. The molecule has 28 heavy (non-hydrogen) atoms. The molecule has 1 amide bonds. The molecule has 4 rings (SSSR count). The highest BCUT2D eigenvalue weighted by molar-refractivity contribution is 5.77. The Morgan fingerprint density at radius 1 is 1.29 bits per heavy atom. The Morgan fingerprint density at radius 3 is 2.93 bits per heavy atom. The lowest BCUT2D eigenvalue weighted by Gasteiger charge is -2.41. The smallest absolute Gasteiger partial charge is 0.227 e. The van der Waals surface area contributed by atoms with E-state index < -0.39 is 6.35 Å². The summed E-state index contributed by atoms with van der Waals surface area (Å²) in [5, 5.41) is 3.36. The highest BCUT2D eigenvalue weighted by atomic mass is 19.1. The van der Waals surface area contributed by atoms with E-state index in [1.165, 1.54) is 12.4 Å². The zero-order chi connectivity index (χ0) is 19.5. The summed E-state index contributed by atoms with van der Waals surface area (Å²) < 4.78 is 20.4. The van der Waals surface area contributed by atoms with Crippen molar-refractivity contribution in [2.45, 2.75) is 37.8 Å². The Labute approximate surface area is 163 Å². The second kappa shape index (κ2) is 8.20. The molecule has 1 aromatic heterocycles. The second-order valence-electron chi connectivity index (χ2n) is 7.21. The minimum absolute atomic E-state index is 0.00543. The maximum atomic E-state index is 14.2. The molecule has 2 aliphatic heterocycles. The fourth-order valence-corrected chi connectivity index (χ4v) is 3.78. The van der Waals surface area contributed by atoms with Gasteiger partial charge < -0.3 is 14.5 Å². The molecule has 1 aromatic carbocycles. The second-order valence-corrected chi connectivity index (χ2v) is 7.21. The van der Waals surface area contributed by atoms with Crippen molar-refractivity contribution in [3.63, 3.8) is 0 Å². The van der Waals surface area contributed by atoms with Gasteiger partial charge in [0, 0.05) is 32.8 Å². The Kier molecular flexibility index (Phi) is 5.50. The Morgan fingerprint density at radius 2 is 2.14 bits per heavy atom. The number of benzene rings is 1. The number of halogens is 1. The van der Waals surface area contributed by atoms with Gasteiger partial charge >= 0.3 is 0 Å². The van der Waals surface area contributed by atoms with Crippen LogP contribution in [0.25, 0.3) is 0 Å². The van der Waals surface area contributed by atoms with Crippen molar-refractivity contribution < 1.29 is 13.9 Å². The fraction of sp³-hybridized carbons (Fsp3) is 0.450. The number of piperidine rings is 1. The van der Waals surface area contributed by atoms with Gasteiger partial charge in [-0.3, -0.25) is 10.1 Å². The molecule has 3 atom stereocenters. The number of hydrogen-bond acceptors (Lipinski definition) is 6. The predicted octanol–water partition coefficient (Wildman–Crippen LogP) is 2.08. The monoisotopic (exact) mass is 385 g/mol. The number of amides is 1. The van der Waals surface area contributed by atoms with Gasteiger partial charge in [0.05, 0.1) is 23.5 Å². The lowest BCUT2D eigenvalue weighted by molar-refractivity contribution is -0.166. The van der Waals surface area contributed by atoms with Crippen LogP contribution in [0.15, 0.2) is 42.9 Å². The van der Waals surface area contributed by atoms with Crippen LogP contribution in [-0.4, -0.2) is 53.4 Å². The van der Waals surface area contributed by atoms with Crippen LogP contribution in [0.1, 0.15) is 31.0 Å². The average Bonchev–Trinajstić information content (AvgIpc) is 2.72. The molecule has 1 N–H and O–H groups in total. The molecule has 8 heteroatoms. The summed E-state index contributed by atoms with van der Waals surface area (Å²) in [6.45, 7) is 1.37. The number of rotatable bonds is 4. The Hall–Kier alpha value is -2.58. The molecule has 2 aliphatic rings. The lowest BCUT2D eigenvalue weighted by atomic mass is 10.1. The molecule has 7 nitrogen and oxygen atoms in total. The summed E-state index contributed by atoms with van der Waals surface area (Å²) in [7, 11) is 1.73. The van der Waals surface area contributed by atoms with Gasteiger partial charge in [-0.15, -0.1) is 0 Å². The number of para-hydroxylation sites is 1. The van der Waals surface area contributed by atoms with Crippen LogP contribution >= 0.6 is 0 Å². The van der Waals surface area contributed by atoms with Crippen LogP contribution in [0.2, 0.25) is 0 Å². The molecule has 0 saturated carbocycles. The third-order valence-electron chi connectivity index (χ3n) is 5.32. The van der Waals surface area contributed by atoms with E-state index in [0.29, 0.717) is 18.7 Å². The van der Waals surface area contributed by atoms with Crippen LogP contribution in [-0.2, 0) is 9.53 Å². The van der Waals surface area contributed by atoms with Crippen molar-refractivity contribution in [2.24, 2.45) is 0 Å². The van der Waals surface area contributed by atoms with Crippen molar-refractivity contribution >= 4 is 11.6 Å². The maximum Gasteiger partial charge on any atom is 0.227 e. The first kappa shape index (κ1) is 18.8. The van der Waals surface area contributed by atoms with E-state index in [-0.39, 0.29) is 23.9 Å². The minimum atomic E-state index is -0.549. The molecule has 0 aliphatic carbocycles. The molecule has 3 heterocycles. The number of nitrogens with one attached hydrogen (secondary N) is 1. The van der Waals surface area contributed by atoms with Gasteiger partial charge in [0.15, 0.2) is 6.35 Å². The van der Waals surface area contributed by atoms with E-state index in [1.54, 1.807) is 36.3 Å². The number of carbonyl (C=O) groups is 1. The number of carbonyl (C=O) groups excluding carboxylic acids is 1. The van der Waals surface area contributed by atoms with E-state index in [1.807, 2.05) is 11.0 Å². The molecule has 3 unspecified atom stereocenters. The van der Waals surface area contributed by atoms with Gasteiger partial charge in [0.2, 0.25) is 5.91 Å². The van der Waals surface area contributed by atoms with Gasteiger partial charge in [0.1, 0.15) is 12.1 Å². The van der Waals surface area contributed by atoms with Gasteiger partial charge in [0.25, 0.3) is 0 Å². The third kappa shape index (κ3) is 3.98. The first-order valence-electron chi connectivity index (χ1n) is 9.54. The number of ether oxygens (including phenoxy) is 1. The molecule has 2 aromatic rings. The Balaban J connectivity index is 1.44. The van der Waals surface area contributed by atoms with E-state index in [2.05, 4.69) is 15.3 Å². The van der Waals surface area contributed by atoms with E-state index >= 15 is 0 Å². The predicted molar refractivity (Wildman–Crippen MR) is 102 cm³/mol. The van der Waals surface area contributed by atoms with Crippen molar-refractivity contribution in [2.75, 3.05) is 25.0 Å². The van der Waals surface area contributed by atoms with Gasteiger partial charge in [-0.25, -0.2) is 14.4 Å². The standard InChI is InChI=1S/C20H24FN5O2/c1-25-19(27)11-17(16-8-9-22-13-23-16)24-20(25)28-14-5-4-10-26(12-14)18-7-3-2-6-15(18)21/h2-3,6-9,13-14,17,20,24H,4-5,10-12H2,1H3. The Bertz CT molecular complexity index is 821. The molecule has 0 radical (unpaired) electrons. The average molecular weight is 385 g/mol. The van der Waals surface area contributed by atoms with E-state index in [9.17, 15) is 9.18 Å². The number of nitrogens with zero attached hydrogens (tertiary/aromatic N) is 4. The summed E-state index contributed by atoms with van der Waals surface area (Å²) in [4.78, 5) is 24.2. The van der Waals surface area contributed by atoms with Gasteiger partial charge in [-0.05, 0) is 31.0 Å². The molecular weight excluding hydrogens is 361 g/mol. The number of aromatic nitrogens is 2. The summed E-state index contributed by atoms with van der Waals surface area (Å²) in [5.74, 6) is -0.232. The SMILES string of the molecule is CN1C(=O)CC(c2ccncn2)NC1OC1CCCN(c2ccccc2F)C1. The summed E-state index contributed by atoms with van der Waals surface area (Å²) >= 11 is 0. The topological polar surface area (TPSA) is 70.6 Å². The van der Waals surface area contributed by atoms with Crippen LogP contribution in [0, 0.1) is 5.82 Å². The van der Waals surface area contributed by atoms with Crippen LogP contribution < -0.4 is 10.2 Å². The largest absolute Gasteiger partial charge is 0.367 e. The lowest BCUT2D eigenvalue weighted by Crippen LogP contribution is -2.57. The van der Waals surface area contributed by atoms with Crippen LogP contribution in [0.5, 0.6) is 0 Å². The van der Waals surface area contributed by atoms with Crippen LogP contribution in [0.4, 0.5) is 10.1 Å². The molecular formula is C20H24FN5O2. The van der Waals surface area contributed by atoms with Crippen molar-refractivity contribution in [1.82, 2.24) is 20.2 Å². The summed E-state index contributed by atoms with van der Waals surface area (Å²) in [6.07, 6.45) is 4.57. The summed E-state index contributed by atoms with van der Waals surface area (Å²) in [6, 6.07) is 8.37. The highest BCUT2D eigenvalue weighted by Crippen LogP contribution is 2.27. The molecule has 0 bridgehead atoms. The third-order valence-corrected chi connectivity index (χ3v) is 5.32. The van der Waals surface area contributed by atoms with Crippen molar-refractivity contribution in [3.05, 3.63) is 54.4 Å². The van der Waals surface area contributed by atoms with E-state index in [0.717, 1.165) is 25.1 Å². The van der Waals surface area contributed by atoms with Crippen molar-refractivity contribution in [3.8, 4) is 0 Å². The fourth-order valence-electron chi connectivity index (χ4n) is 3.78. The first-order chi connectivity index (χ1) is 13.6. The zero-order valence-electron chi connectivity index (χ0n) is 15.8. The van der Waals surface area contributed by atoms with Gasteiger partial charge in [-0.2, -0.15) is 0 Å². The molecule has 2 fully saturated rings. The molecule has 2 saturated heterocycles. The molecule has 0 spiro atoms. The van der Waals surface area contributed by atoms with Crippen molar-refractivity contribution in [1.29, 1.82) is 0 Å². The number of anilines is 1. The molecule has 148 valence electrons. The quantitative estimate of drug-likeness (QED) is 0.869. The highest BCUT2D eigenvalue weighted by Gasteiger charge is 2.35.